The van der Waals surface area contributed by atoms with Crippen molar-refractivity contribution in [2.75, 3.05) is 7.05 Å². The normalized spacial score (nSPS) is 54.0. The van der Waals surface area contributed by atoms with Gasteiger partial charge in [0, 0.05) is 6.04 Å². The van der Waals surface area contributed by atoms with Crippen LogP contribution in [0.25, 0.3) is 0 Å². The molecule has 1 saturated carbocycles. The number of aliphatic hydroxyl groups is 1. The number of nitrogens with zero attached hydrogens (tertiary/aromatic N) is 1. The molecule has 0 radical (unpaired) electrons. The predicted molar refractivity (Wildman–Crippen MR) is 46.0 cm³/mol. The number of likely N-dealkylation sites (N-methyl/N-ethyl adjacent to an activating group) is 1. The molecule has 4 nitrogen and oxygen atoms in total. The topological polar surface area (TPSA) is 52.6 Å². The van der Waals surface area contributed by atoms with Gasteiger partial charge in [-0.1, -0.05) is 0 Å². The molecule has 72 valence electrons. The van der Waals surface area contributed by atoms with Crippen molar-refractivity contribution in [3.8, 4) is 0 Å². The van der Waals surface area contributed by atoms with E-state index in [1.165, 1.54) is 0 Å². The molecule has 3 rings (SSSR count). The van der Waals surface area contributed by atoms with Crippen LogP contribution < -0.4 is 5.32 Å². The van der Waals surface area contributed by atoms with E-state index in [1.54, 1.807) is 0 Å². The number of hydrogen-bond donors (Lipinski definition) is 2. The molecule has 5 unspecified atom stereocenters. The first-order chi connectivity index (χ1) is 6.18. The van der Waals surface area contributed by atoms with Crippen molar-refractivity contribution in [2.24, 2.45) is 5.92 Å². The molecule has 2 saturated heterocycles. The summed E-state index contributed by atoms with van der Waals surface area (Å²) in [6.45, 7) is 0. The fourth-order valence-electron chi connectivity index (χ4n) is 3.33. The minimum Gasteiger partial charge on any atom is -0.391 e. The lowest BCUT2D eigenvalue weighted by Crippen LogP contribution is -2.61. The van der Waals surface area contributed by atoms with Gasteiger partial charge in [0.15, 0.2) is 0 Å². The van der Waals surface area contributed by atoms with Gasteiger partial charge in [-0.3, -0.25) is 9.69 Å². The van der Waals surface area contributed by atoms with Crippen molar-refractivity contribution in [3.05, 3.63) is 0 Å². The van der Waals surface area contributed by atoms with E-state index in [1.807, 2.05) is 7.05 Å². The minimum atomic E-state index is -0.331. The Kier molecular flexibility index (Phi) is 1.34. The van der Waals surface area contributed by atoms with E-state index in [-0.39, 0.29) is 24.1 Å². The highest BCUT2D eigenvalue weighted by atomic mass is 16.3. The quantitative estimate of drug-likeness (QED) is 0.502. The molecule has 3 fully saturated rings. The summed E-state index contributed by atoms with van der Waals surface area (Å²) in [5, 5.41) is 12.6. The van der Waals surface area contributed by atoms with Crippen LogP contribution in [0.5, 0.6) is 0 Å². The Bertz CT molecular complexity index is 268. The zero-order valence-electron chi connectivity index (χ0n) is 7.60. The zero-order valence-corrected chi connectivity index (χ0v) is 7.60. The molecule has 3 aliphatic rings. The Hall–Kier alpha value is -0.610. The average Bonchev–Trinajstić information content (AvgIpc) is 2.46. The lowest BCUT2D eigenvalue weighted by molar-refractivity contribution is -0.130. The molecule has 0 spiro atoms. The average molecular weight is 182 g/mol. The summed E-state index contributed by atoms with van der Waals surface area (Å²) in [6.07, 6.45) is 1.46. The van der Waals surface area contributed by atoms with Crippen LogP contribution in [0.3, 0.4) is 0 Å². The largest absolute Gasteiger partial charge is 0.391 e. The number of carbonyl (C=O) groups is 1. The second kappa shape index (κ2) is 2.25. The third-order valence-corrected chi connectivity index (χ3v) is 3.91. The van der Waals surface area contributed by atoms with Gasteiger partial charge in [0.25, 0.3) is 0 Å². The van der Waals surface area contributed by atoms with E-state index in [9.17, 15) is 9.90 Å². The van der Waals surface area contributed by atoms with Gasteiger partial charge in [-0.15, -0.1) is 0 Å². The molecule has 0 aromatic carbocycles. The number of amides is 1. The van der Waals surface area contributed by atoms with Gasteiger partial charge in [0.1, 0.15) is 0 Å². The van der Waals surface area contributed by atoms with Gasteiger partial charge in [0.05, 0.1) is 18.2 Å². The smallest absolute Gasteiger partial charge is 0.237 e. The first-order valence-corrected chi connectivity index (χ1v) is 4.89. The van der Waals surface area contributed by atoms with E-state index in [4.69, 9.17) is 0 Å². The highest BCUT2D eigenvalue weighted by Crippen LogP contribution is 2.43. The summed E-state index contributed by atoms with van der Waals surface area (Å²) in [6, 6.07) is 0.442. The molecule has 2 N–H and O–H groups in total. The highest BCUT2D eigenvalue weighted by Gasteiger charge is 2.57. The molecule has 1 amide bonds. The van der Waals surface area contributed by atoms with Gasteiger partial charge in [-0.25, -0.2) is 0 Å². The Balaban J connectivity index is 2.00. The summed E-state index contributed by atoms with van der Waals surface area (Å²) in [7, 11) is 2.00. The Morgan fingerprint density at radius 3 is 3.08 bits per heavy atom. The summed E-state index contributed by atoms with van der Waals surface area (Å²) in [5.41, 5.74) is 0. The summed E-state index contributed by atoms with van der Waals surface area (Å²) < 4.78 is 0. The number of fused-ring (bicyclic) bond motifs is 1. The predicted octanol–water partition coefficient (Wildman–Crippen LogP) is -1.06. The first kappa shape index (κ1) is 7.76. The maximum atomic E-state index is 11.5. The maximum absolute atomic E-state index is 11.5. The molecule has 2 heterocycles. The fourth-order valence-corrected chi connectivity index (χ4v) is 3.33. The van der Waals surface area contributed by atoms with Gasteiger partial charge < -0.3 is 10.4 Å². The standard InChI is InChI=1S/C9H14N2O2/c1-11-5-2-4-3-6(12)7(8(4)11)10-9(5)13/h4-8,12H,2-3H2,1H3,(H,10,13). The third kappa shape index (κ3) is 0.802. The van der Waals surface area contributed by atoms with E-state index >= 15 is 0 Å². The van der Waals surface area contributed by atoms with Crippen LogP contribution in [0.4, 0.5) is 0 Å². The summed E-state index contributed by atoms with van der Waals surface area (Å²) in [4.78, 5) is 13.7. The fraction of sp³-hybridized carbons (Fsp3) is 0.889. The van der Waals surface area contributed by atoms with Gasteiger partial charge in [-0.2, -0.15) is 0 Å². The second-order valence-electron chi connectivity index (χ2n) is 4.51. The number of carbonyl (C=O) groups excluding carboxylic acids is 1. The number of nitrogens with one attached hydrogen (secondary N) is 1. The van der Waals surface area contributed by atoms with Gasteiger partial charge >= 0.3 is 0 Å². The molecule has 13 heavy (non-hydrogen) atoms. The number of rotatable bonds is 0. The molecule has 2 aliphatic heterocycles. The van der Waals surface area contributed by atoms with Crippen molar-refractivity contribution < 1.29 is 9.90 Å². The monoisotopic (exact) mass is 182 g/mol. The van der Waals surface area contributed by atoms with Crippen molar-refractivity contribution in [1.82, 2.24) is 10.2 Å². The van der Waals surface area contributed by atoms with Crippen LogP contribution in [0, 0.1) is 5.92 Å². The zero-order chi connectivity index (χ0) is 9.16. The summed E-state index contributed by atoms with van der Waals surface area (Å²) in [5.74, 6) is 0.624. The SMILES string of the molecule is CN1C2CC3CC(O)C(NC2=O)C31. The molecule has 1 aliphatic carbocycles. The van der Waals surface area contributed by atoms with Gasteiger partial charge in [0.2, 0.25) is 5.91 Å². The maximum Gasteiger partial charge on any atom is 0.237 e. The summed E-state index contributed by atoms with van der Waals surface area (Å²) >= 11 is 0. The third-order valence-electron chi connectivity index (χ3n) is 3.91. The molecule has 5 atom stereocenters. The van der Waals surface area contributed by atoms with Crippen LogP contribution in [0.2, 0.25) is 0 Å². The van der Waals surface area contributed by atoms with E-state index < -0.39 is 0 Å². The van der Waals surface area contributed by atoms with Crippen LogP contribution in [0.1, 0.15) is 12.8 Å². The molecule has 0 aromatic heterocycles. The lowest BCUT2D eigenvalue weighted by Gasteiger charge is -2.36. The van der Waals surface area contributed by atoms with Crippen LogP contribution >= 0.6 is 0 Å². The molecule has 4 heteroatoms. The number of piperazine rings is 1. The molecular formula is C9H14N2O2. The molecular weight excluding hydrogens is 168 g/mol. The highest BCUT2D eigenvalue weighted by molar-refractivity contribution is 5.84. The molecule has 0 aromatic rings. The van der Waals surface area contributed by atoms with Crippen molar-refractivity contribution in [2.45, 2.75) is 37.1 Å². The van der Waals surface area contributed by atoms with Crippen LogP contribution in [-0.4, -0.2) is 47.2 Å². The van der Waals surface area contributed by atoms with E-state index in [0.29, 0.717) is 12.0 Å². The van der Waals surface area contributed by atoms with Crippen molar-refractivity contribution >= 4 is 5.91 Å². The first-order valence-electron chi connectivity index (χ1n) is 4.89. The Labute approximate surface area is 76.9 Å². The number of hydrogen-bond acceptors (Lipinski definition) is 3. The second-order valence-corrected chi connectivity index (χ2v) is 4.51. The van der Waals surface area contributed by atoms with E-state index in [0.717, 1.165) is 12.8 Å². The van der Waals surface area contributed by atoms with Crippen molar-refractivity contribution in [3.63, 3.8) is 0 Å². The van der Waals surface area contributed by atoms with Gasteiger partial charge in [-0.05, 0) is 25.8 Å². The Morgan fingerprint density at radius 2 is 2.31 bits per heavy atom. The van der Waals surface area contributed by atoms with E-state index in [2.05, 4.69) is 10.2 Å². The van der Waals surface area contributed by atoms with Crippen LogP contribution in [-0.2, 0) is 4.79 Å². The minimum absolute atomic E-state index is 0.0127. The van der Waals surface area contributed by atoms with Crippen LogP contribution in [0.15, 0.2) is 0 Å². The Morgan fingerprint density at radius 1 is 1.54 bits per heavy atom. The number of aliphatic hydroxyl groups excluding tert-OH is 1. The van der Waals surface area contributed by atoms with Crippen molar-refractivity contribution in [1.29, 1.82) is 0 Å². The lowest BCUT2D eigenvalue weighted by atomic mass is 10.0. The molecule has 2 bridgehead atoms.